The van der Waals surface area contributed by atoms with Crippen LogP contribution in [0, 0.1) is 0 Å². The summed E-state index contributed by atoms with van der Waals surface area (Å²) in [6.07, 6.45) is 2.77. The Morgan fingerprint density at radius 2 is 1.64 bits per heavy atom. The van der Waals surface area contributed by atoms with Gasteiger partial charge in [0.1, 0.15) is 13.1 Å². The lowest BCUT2D eigenvalue weighted by molar-refractivity contribution is -0.935. The van der Waals surface area contributed by atoms with Gasteiger partial charge in [0, 0.05) is 23.4 Å². The zero-order valence-corrected chi connectivity index (χ0v) is 21.8. The van der Waals surface area contributed by atoms with Crippen LogP contribution in [0.2, 0.25) is 0 Å². The van der Waals surface area contributed by atoms with Crippen molar-refractivity contribution in [3.8, 4) is 0 Å². The highest BCUT2D eigenvalue weighted by molar-refractivity contribution is 8.04. The molecule has 3 aromatic rings. The molecule has 0 spiro atoms. The van der Waals surface area contributed by atoms with Crippen molar-refractivity contribution < 1.29 is 14.5 Å². The molecule has 0 aromatic heterocycles. The van der Waals surface area contributed by atoms with Gasteiger partial charge in [-0.2, -0.15) is 0 Å². The van der Waals surface area contributed by atoms with Crippen molar-refractivity contribution in [2.45, 2.75) is 37.8 Å². The molecule has 1 aliphatic rings. The van der Waals surface area contributed by atoms with Gasteiger partial charge in [0.05, 0.1) is 23.2 Å². The monoisotopic (exact) mass is 500 g/mol. The van der Waals surface area contributed by atoms with Gasteiger partial charge in [-0.1, -0.05) is 84.6 Å². The number of amides is 2. The Morgan fingerprint density at radius 1 is 0.972 bits per heavy atom. The maximum atomic E-state index is 13.3. The lowest BCUT2D eigenvalue weighted by Crippen LogP contribution is -3.13. The zero-order valence-electron chi connectivity index (χ0n) is 20.9. The predicted octanol–water partition coefficient (Wildman–Crippen LogP) is 4.17. The van der Waals surface area contributed by atoms with Gasteiger partial charge in [0.2, 0.25) is 5.91 Å². The Hall–Kier alpha value is -3.35. The molecular formula is C30H34N3O2S+. The highest BCUT2D eigenvalue weighted by Gasteiger charge is 2.30. The highest BCUT2D eigenvalue weighted by atomic mass is 32.2. The van der Waals surface area contributed by atoms with Crippen molar-refractivity contribution in [3.63, 3.8) is 0 Å². The van der Waals surface area contributed by atoms with E-state index in [1.807, 2.05) is 66.7 Å². The summed E-state index contributed by atoms with van der Waals surface area (Å²) in [6.45, 7) is 7.00. The summed E-state index contributed by atoms with van der Waals surface area (Å²) in [4.78, 5) is 30.9. The van der Waals surface area contributed by atoms with Crippen LogP contribution in [0.3, 0.4) is 0 Å². The number of benzene rings is 3. The molecule has 1 atom stereocenters. The number of hydrogen-bond donors (Lipinski definition) is 2. The summed E-state index contributed by atoms with van der Waals surface area (Å²) in [5.41, 5.74) is 3.07. The van der Waals surface area contributed by atoms with E-state index in [-0.39, 0.29) is 18.4 Å². The minimum absolute atomic E-state index is 0.00725. The van der Waals surface area contributed by atoms with Gasteiger partial charge in [0.25, 0.3) is 5.91 Å². The summed E-state index contributed by atoms with van der Waals surface area (Å²) in [5.74, 6) is -0.283. The second kappa shape index (κ2) is 12.6. The number of rotatable bonds is 10. The molecular weight excluding hydrogens is 466 g/mol. The number of hydrogen-bond acceptors (Lipinski definition) is 3. The fourth-order valence-corrected chi connectivity index (χ4v) is 5.36. The van der Waals surface area contributed by atoms with Crippen LogP contribution < -0.4 is 15.1 Å². The molecule has 2 N–H and O–H groups in total. The Kier molecular flexibility index (Phi) is 8.98. The molecule has 6 heteroatoms. The fraction of sp³-hybridized carbons (Fsp3) is 0.267. The Labute approximate surface area is 218 Å². The number of carbonyl (C=O) groups is 2. The molecule has 1 heterocycles. The number of anilines is 1. The molecule has 0 bridgehead atoms. The van der Waals surface area contributed by atoms with Crippen molar-refractivity contribution in [1.82, 2.24) is 5.32 Å². The Balaban J connectivity index is 1.35. The normalized spacial score (nSPS) is 15.1. The molecule has 0 aliphatic carbocycles. The second-order valence-corrected chi connectivity index (χ2v) is 10.4. The molecule has 0 saturated carbocycles. The van der Waals surface area contributed by atoms with Crippen LogP contribution in [0.1, 0.15) is 31.4 Å². The third-order valence-corrected chi connectivity index (χ3v) is 7.40. The van der Waals surface area contributed by atoms with Crippen LogP contribution in [0.4, 0.5) is 5.69 Å². The van der Waals surface area contributed by atoms with E-state index in [0.717, 1.165) is 35.7 Å². The van der Waals surface area contributed by atoms with Crippen LogP contribution in [-0.2, 0) is 16.1 Å². The number of carbonyl (C=O) groups excluding carboxylic acids is 2. The van der Waals surface area contributed by atoms with E-state index < -0.39 is 0 Å². The van der Waals surface area contributed by atoms with E-state index in [4.69, 9.17) is 0 Å². The van der Waals surface area contributed by atoms with Crippen LogP contribution >= 0.6 is 11.8 Å². The molecule has 4 rings (SSSR count). The summed E-state index contributed by atoms with van der Waals surface area (Å²) >= 11 is 1.45. The first kappa shape index (κ1) is 25.7. The Bertz CT molecular complexity index is 1200. The average molecular weight is 501 g/mol. The third-order valence-electron chi connectivity index (χ3n) is 6.32. The minimum Gasteiger partial charge on any atom is -0.354 e. The first-order valence-corrected chi connectivity index (χ1v) is 13.3. The van der Waals surface area contributed by atoms with Crippen molar-refractivity contribution in [2.24, 2.45) is 0 Å². The van der Waals surface area contributed by atoms with Gasteiger partial charge in [-0.25, -0.2) is 0 Å². The molecule has 1 aliphatic heterocycles. The van der Waals surface area contributed by atoms with Crippen molar-refractivity contribution in [3.05, 3.63) is 101 Å². The molecule has 36 heavy (non-hydrogen) atoms. The topological polar surface area (TPSA) is 53.9 Å². The second-order valence-electron chi connectivity index (χ2n) is 9.31. The van der Waals surface area contributed by atoms with E-state index in [2.05, 4.69) is 43.4 Å². The summed E-state index contributed by atoms with van der Waals surface area (Å²) < 4.78 is 0. The summed E-state index contributed by atoms with van der Waals surface area (Å²) in [6, 6.07) is 28.6. The summed E-state index contributed by atoms with van der Waals surface area (Å²) in [7, 11) is 0. The smallest absolute Gasteiger partial charge is 0.265 e. The maximum Gasteiger partial charge on any atom is 0.265 e. The van der Waals surface area contributed by atoms with Crippen LogP contribution in [0.15, 0.2) is 94.7 Å². The molecule has 1 unspecified atom stereocenters. The number of quaternary nitrogens is 1. The standard InChI is InChI=1S/C30H33N3O2S/c1-23(2)32(21-25-14-7-4-8-15-25)19-11-18-31-29(34)22-33-26-16-9-10-17-27(26)36-28(30(33)35)20-24-12-5-3-6-13-24/h3-10,12-17,20,23H,11,18-19,21-22H2,1-2H3,(H,31,34)/p+1. The third kappa shape index (κ3) is 6.86. The first-order valence-electron chi connectivity index (χ1n) is 12.5. The van der Waals surface area contributed by atoms with E-state index in [9.17, 15) is 9.59 Å². The summed E-state index contributed by atoms with van der Waals surface area (Å²) in [5, 5.41) is 3.03. The maximum absolute atomic E-state index is 13.3. The highest BCUT2D eigenvalue weighted by Crippen LogP contribution is 2.41. The number of fused-ring (bicyclic) bond motifs is 1. The lowest BCUT2D eigenvalue weighted by atomic mass is 10.2. The largest absolute Gasteiger partial charge is 0.354 e. The number of para-hydroxylation sites is 1. The van der Waals surface area contributed by atoms with Crippen LogP contribution in [0.5, 0.6) is 0 Å². The van der Waals surface area contributed by atoms with Crippen molar-refractivity contribution in [2.75, 3.05) is 24.5 Å². The van der Waals surface area contributed by atoms with Gasteiger partial charge in [-0.05, 0) is 37.6 Å². The number of nitrogens with one attached hydrogen (secondary N) is 2. The van der Waals surface area contributed by atoms with Gasteiger partial charge in [-0.15, -0.1) is 0 Å². The van der Waals surface area contributed by atoms with E-state index in [1.54, 1.807) is 4.90 Å². The van der Waals surface area contributed by atoms with Gasteiger partial charge in [0.15, 0.2) is 0 Å². The number of nitrogens with zero attached hydrogens (tertiary/aromatic N) is 1. The van der Waals surface area contributed by atoms with Gasteiger partial charge >= 0.3 is 0 Å². The SMILES string of the molecule is CC(C)[NH+](CCCNC(=O)CN1C(=O)C(=Cc2ccccc2)Sc2ccccc21)Cc1ccccc1. The molecule has 186 valence electrons. The quantitative estimate of drug-likeness (QED) is 0.325. The van der Waals surface area contributed by atoms with E-state index >= 15 is 0 Å². The lowest BCUT2D eigenvalue weighted by Gasteiger charge is -2.30. The van der Waals surface area contributed by atoms with E-state index in [1.165, 1.54) is 22.2 Å². The predicted molar refractivity (Wildman–Crippen MR) is 148 cm³/mol. The molecule has 2 amide bonds. The molecule has 3 aromatic carbocycles. The van der Waals surface area contributed by atoms with Crippen molar-refractivity contribution >= 4 is 35.3 Å². The fourth-order valence-electron chi connectivity index (χ4n) is 4.30. The molecule has 0 radical (unpaired) electrons. The van der Waals surface area contributed by atoms with Gasteiger partial charge < -0.3 is 10.2 Å². The molecule has 5 nitrogen and oxygen atoms in total. The average Bonchev–Trinajstić information content (AvgIpc) is 2.89. The minimum atomic E-state index is -0.143. The van der Waals surface area contributed by atoms with Crippen LogP contribution in [0.25, 0.3) is 6.08 Å². The number of thioether (sulfide) groups is 1. The van der Waals surface area contributed by atoms with Crippen LogP contribution in [-0.4, -0.2) is 37.5 Å². The first-order chi connectivity index (χ1) is 17.5. The Morgan fingerprint density at radius 3 is 2.36 bits per heavy atom. The van der Waals surface area contributed by atoms with Crippen molar-refractivity contribution in [1.29, 1.82) is 0 Å². The molecule has 0 fully saturated rings. The van der Waals surface area contributed by atoms with Gasteiger partial charge in [-0.3, -0.25) is 14.5 Å². The zero-order chi connectivity index (χ0) is 25.3. The molecule has 0 saturated heterocycles. The van der Waals surface area contributed by atoms with E-state index in [0.29, 0.717) is 17.5 Å².